The van der Waals surface area contributed by atoms with E-state index < -0.39 is 0 Å². The summed E-state index contributed by atoms with van der Waals surface area (Å²) in [6.45, 7) is 0. The number of amides is 1. The highest BCUT2D eigenvalue weighted by molar-refractivity contribution is 5.79. The fourth-order valence-corrected chi connectivity index (χ4v) is 3.98. The van der Waals surface area contributed by atoms with Crippen LogP contribution in [-0.2, 0) is 4.79 Å². The van der Waals surface area contributed by atoms with Gasteiger partial charge in [0.15, 0.2) is 0 Å². The Morgan fingerprint density at radius 2 is 1.65 bits per heavy atom. The summed E-state index contributed by atoms with van der Waals surface area (Å²) < 4.78 is 0. The molecule has 3 rings (SSSR count). The normalized spacial score (nSPS) is 37.4. The minimum absolute atomic E-state index is 0.340. The van der Waals surface area contributed by atoms with Crippen LogP contribution in [0.3, 0.4) is 0 Å². The number of hydrogen-bond acceptors (Lipinski definition) is 2. The molecular weight excluding hydrogens is 212 g/mol. The number of nitrogens with zero attached hydrogens (tertiary/aromatic N) is 1. The molecule has 2 unspecified atom stereocenters. The van der Waals surface area contributed by atoms with Crippen molar-refractivity contribution in [1.82, 2.24) is 10.2 Å². The van der Waals surface area contributed by atoms with Crippen molar-refractivity contribution in [3.05, 3.63) is 0 Å². The van der Waals surface area contributed by atoms with E-state index in [1.54, 1.807) is 0 Å². The summed E-state index contributed by atoms with van der Waals surface area (Å²) in [6.07, 6.45) is 9.72. The Morgan fingerprint density at radius 3 is 2.24 bits per heavy atom. The zero-order chi connectivity index (χ0) is 11.8. The van der Waals surface area contributed by atoms with E-state index in [9.17, 15) is 4.79 Å². The third-order valence-electron chi connectivity index (χ3n) is 5.05. The van der Waals surface area contributed by atoms with Crippen LogP contribution in [0.5, 0.6) is 0 Å². The molecule has 3 aliphatic rings. The molecule has 17 heavy (non-hydrogen) atoms. The number of nitrogens with one attached hydrogen (secondary N) is 1. The number of piperidine rings is 1. The molecule has 1 amide bonds. The molecule has 2 atom stereocenters. The summed E-state index contributed by atoms with van der Waals surface area (Å²) in [7, 11) is 2.04. The lowest BCUT2D eigenvalue weighted by Crippen LogP contribution is -2.49. The van der Waals surface area contributed by atoms with E-state index in [2.05, 4.69) is 10.2 Å². The van der Waals surface area contributed by atoms with Gasteiger partial charge in [-0.25, -0.2) is 0 Å². The second kappa shape index (κ2) is 4.60. The largest absolute Gasteiger partial charge is 0.342 e. The first-order valence-electron chi connectivity index (χ1n) is 7.27. The maximum Gasteiger partial charge on any atom is 0.225 e. The van der Waals surface area contributed by atoms with Gasteiger partial charge in [-0.3, -0.25) is 4.79 Å². The van der Waals surface area contributed by atoms with E-state index in [0.717, 1.165) is 12.8 Å². The molecule has 1 aliphatic carbocycles. The van der Waals surface area contributed by atoms with Gasteiger partial charge in [0.25, 0.3) is 0 Å². The number of carbonyl (C=O) groups is 1. The zero-order valence-corrected chi connectivity index (χ0v) is 10.8. The number of carbonyl (C=O) groups excluding carboxylic acids is 1. The molecule has 2 saturated heterocycles. The van der Waals surface area contributed by atoms with Gasteiger partial charge in [0.1, 0.15) is 0 Å². The minimum atomic E-state index is 0.340. The summed E-state index contributed by atoms with van der Waals surface area (Å²) in [5, 5.41) is 3.65. The van der Waals surface area contributed by atoms with E-state index in [1.165, 1.54) is 38.5 Å². The standard InChI is InChI=1S/C14H24N2O/c1-16(14(17)10-4-2-3-5-10)13-8-11-6-7-12(9-13)15-11/h10-13,15H,2-9H2,1H3. The molecule has 0 aromatic heterocycles. The Balaban J connectivity index is 1.61. The lowest BCUT2D eigenvalue weighted by atomic mass is 9.96. The Hall–Kier alpha value is -0.570. The van der Waals surface area contributed by atoms with Crippen molar-refractivity contribution in [1.29, 1.82) is 0 Å². The molecule has 3 fully saturated rings. The first-order valence-corrected chi connectivity index (χ1v) is 7.27. The molecule has 3 heteroatoms. The Bertz CT molecular complexity index is 287. The van der Waals surface area contributed by atoms with Crippen molar-refractivity contribution in [3.63, 3.8) is 0 Å². The summed E-state index contributed by atoms with van der Waals surface area (Å²) in [4.78, 5) is 14.5. The second-order valence-corrected chi connectivity index (χ2v) is 6.19. The molecule has 1 saturated carbocycles. The van der Waals surface area contributed by atoms with Crippen LogP contribution in [0.1, 0.15) is 51.4 Å². The molecule has 2 bridgehead atoms. The van der Waals surface area contributed by atoms with E-state index in [1.807, 2.05) is 7.05 Å². The molecule has 2 aliphatic heterocycles. The van der Waals surface area contributed by atoms with E-state index in [0.29, 0.717) is 30.0 Å². The molecular formula is C14H24N2O. The van der Waals surface area contributed by atoms with Crippen LogP contribution in [0, 0.1) is 5.92 Å². The molecule has 0 spiro atoms. The quantitative estimate of drug-likeness (QED) is 0.794. The molecule has 96 valence electrons. The highest BCUT2D eigenvalue weighted by Gasteiger charge is 2.37. The summed E-state index contributed by atoms with van der Waals surface area (Å²) in [5.41, 5.74) is 0. The van der Waals surface area contributed by atoms with Crippen LogP contribution >= 0.6 is 0 Å². The molecule has 0 aromatic carbocycles. The maximum absolute atomic E-state index is 12.4. The molecule has 2 heterocycles. The molecule has 3 nitrogen and oxygen atoms in total. The first-order chi connectivity index (χ1) is 8.24. The fourth-order valence-electron chi connectivity index (χ4n) is 3.98. The molecule has 0 aromatic rings. The van der Waals surface area contributed by atoms with Gasteiger partial charge in [0.2, 0.25) is 5.91 Å². The first kappa shape index (κ1) is 11.5. The van der Waals surface area contributed by atoms with E-state index in [-0.39, 0.29) is 0 Å². The van der Waals surface area contributed by atoms with Crippen molar-refractivity contribution >= 4 is 5.91 Å². The van der Waals surface area contributed by atoms with Crippen LogP contribution in [0.15, 0.2) is 0 Å². The average Bonchev–Trinajstić information content (AvgIpc) is 2.97. The summed E-state index contributed by atoms with van der Waals surface area (Å²) in [6, 6.07) is 1.86. The predicted octanol–water partition coefficient (Wildman–Crippen LogP) is 1.92. The predicted molar refractivity (Wildman–Crippen MR) is 67.7 cm³/mol. The number of fused-ring (bicyclic) bond motifs is 2. The topological polar surface area (TPSA) is 32.3 Å². The van der Waals surface area contributed by atoms with Gasteiger partial charge in [-0.2, -0.15) is 0 Å². The third kappa shape index (κ3) is 2.22. The van der Waals surface area contributed by atoms with Crippen molar-refractivity contribution in [3.8, 4) is 0 Å². The number of rotatable bonds is 2. The lowest BCUT2D eigenvalue weighted by molar-refractivity contribution is -0.136. The highest BCUT2D eigenvalue weighted by Crippen LogP contribution is 2.32. The van der Waals surface area contributed by atoms with Crippen molar-refractivity contribution in [2.45, 2.75) is 69.5 Å². The summed E-state index contributed by atoms with van der Waals surface area (Å²) in [5.74, 6) is 0.765. The minimum Gasteiger partial charge on any atom is -0.342 e. The highest BCUT2D eigenvalue weighted by atomic mass is 16.2. The van der Waals surface area contributed by atoms with E-state index >= 15 is 0 Å². The Kier molecular flexibility index (Phi) is 3.12. The lowest BCUT2D eigenvalue weighted by Gasteiger charge is -2.36. The third-order valence-corrected chi connectivity index (χ3v) is 5.05. The Morgan fingerprint density at radius 1 is 1.06 bits per heavy atom. The fraction of sp³-hybridized carbons (Fsp3) is 0.929. The van der Waals surface area contributed by atoms with Gasteiger partial charge in [0, 0.05) is 31.1 Å². The van der Waals surface area contributed by atoms with Gasteiger partial charge in [0.05, 0.1) is 0 Å². The van der Waals surface area contributed by atoms with Gasteiger partial charge < -0.3 is 10.2 Å². The van der Waals surface area contributed by atoms with Crippen LogP contribution < -0.4 is 5.32 Å². The Labute approximate surface area is 104 Å². The molecule has 1 N–H and O–H groups in total. The smallest absolute Gasteiger partial charge is 0.225 e. The zero-order valence-electron chi connectivity index (χ0n) is 10.8. The molecule has 0 radical (unpaired) electrons. The van der Waals surface area contributed by atoms with Gasteiger partial charge in [-0.15, -0.1) is 0 Å². The SMILES string of the molecule is CN(C(=O)C1CCCC1)C1CC2CCC(C1)N2. The van der Waals surface area contributed by atoms with Crippen LogP contribution in [-0.4, -0.2) is 36.0 Å². The monoisotopic (exact) mass is 236 g/mol. The van der Waals surface area contributed by atoms with Gasteiger partial charge >= 0.3 is 0 Å². The van der Waals surface area contributed by atoms with Crippen molar-refractivity contribution < 1.29 is 4.79 Å². The van der Waals surface area contributed by atoms with Crippen LogP contribution in [0.2, 0.25) is 0 Å². The van der Waals surface area contributed by atoms with Gasteiger partial charge in [-0.1, -0.05) is 12.8 Å². The summed E-state index contributed by atoms with van der Waals surface area (Å²) >= 11 is 0. The van der Waals surface area contributed by atoms with Crippen LogP contribution in [0.25, 0.3) is 0 Å². The average molecular weight is 236 g/mol. The van der Waals surface area contributed by atoms with Crippen molar-refractivity contribution in [2.75, 3.05) is 7.05 Å². The maximum atomic E-state index is 12.4. The van der Waals surface area contributed by atoms with Crippen LogP contribution in [0.4, 0.5) is 0 Å². The van der Waals surface area contributed by atoms with E-state index in [4.69, 9.17) is 0 Å². The number of hydrogen-bond donors (Lipinski definition) is 1. The second-order valence-electron chi connectivity index (χ2n) is 6.19. The van der Waals surface area contributed by atoms with Gasteiger partial charge in [-0.05, 0) is 38.5 Å². The van der Waals surface area contributed by atoms with Crippen molar-refractivity contribution in [2.24, 2.45) is 5.92 Å².